The minimum atomic E-state index is 0. The Morgan fingerprint density at radius 3 is 1.17 bits per heavy atom. The molecule has 0 unspecified atom stereocenters. The molecule has 0 heterocycles. The number of carbonyl (C=O) groups excluding carboxylic acids is 2. The lowest BCUT2D eigenvalue weighted by Crippen LogP contribution is -1.22. The van der Waals surface area contributed by atoms with Crippen molar-refractivity contribution in [2.24, 2.45) is 0 Å². The largest absolute Gasteiger partial charge is 0.412 e. The van der Waals surface area contributed by atoms with Gasteiger partial charge in [-0.25, -0.2) is 0 Å². The van der Waals surface area contributed by atoms with Crippen LogP contribution in [0.3, 0.4) is 0 Å². The topological polar surface area (TPSA) is 101 Å². The molecule has 0 aromatic heterocycles. The van der Waals surface area contributed by atoms with E-state index in [1.54, 1.807) is 0 Å². The number of rotatable bonds is 0. The Hall–Kier alpha value is -0.350. The summed E-state index contributed by atoms with van der Waals surface area (Å²) in [6.07, 6.45) is 0.250. The third-order valence-electron chi connectivity index (χ3n) is 0. The highest BCUT2D eigenvalue weighted by Crippen LogP contribution is 0.787. The van der Waals surface area contributed by atoms with Crippen molar-refractivity contribution in [3.05, 3.63) is 0 Å². The molecule has 5 N–H and O–H groups in total. The number of hydrogen-bond donors (Lipinski definition) is 1. The van der Waals surface area contributed by atoms with Gasteiger partial charge in [-0.3, -0.25) is 0 Å². The first kappa shape index (κ1) is 44.9. The van der Waals surface area contributed by atoms with Gasteiger partial charge in [0.2, 0.25) is 0 Å². The van der Waals surface area contributed by atoms with Crippen molar-refractivity contribution in [3.8, 4) is 0 Å². The third kappa shape index (κ3) is 209. The van der Waals surface area contributed by atoms with Gasteiger partial charge in [0.05, 0.1) is 0 Å². The van der Waals surface area contributed by atoms with Crippen LogP contribution >= 0.6 is 13.5 Å². The molecule has 0 aromatic rings. The van der Waals surface area contributed by atoms with Gasteiger partial charge in [-0.1, -0.05) is 0 Å². The fourth-order valence-corrected chi connectivity index (χ4v) is 0. The summed E-state index contributed by atoms with van der Waals surface area (Å²) in [6, 6.07) is 0. The van der Waals surface area contributed by atoms with Gasteiger partial charge in [0.25, 0.3) is 0 Å². The molecule has 0 fully saturated rings. The van der Waals surface area contributed by atoms with Crippen molar-refractivity contribution >= 4 is 19.6 Å². The highest BCUT2D eigenvalue weighted by Gasteiger charge is 1.13. The maximum absolute atomic E-state index is 8.12. The molecule has 5 heteroatoms. The van der Waals surface area contributed by atoms with Crippen molar-refractivity contribution in [1.82, 2.24) is 6.15 Å². The molecule has 6 heavy (non-hydrogen) atoms. The Morgan fingerprint density at radius 2 is 1.17 bits per heavy atom. The molecule has 0 rings (SSSR count). The second-order valence-corrected chi connectivity index (χ2v) is 0.0833. The van der Waals surface area contributed by atoms with Crippen LogP contribution in [-0.4, -0.2) is 11.6 Å². The first-order valence-corrected chi connectivity index (χ1v) is 0.408. The monoisotopic (exact) mass is 113 g/mol. The van der Waals surface area contributed by atoms with Crippen LogP contribution in [0.2, 0.25) is 0 Å². The molecule has 0 aliphatic rings. The molecule has 0 aliphatic carbocycles. The van der Waals surface area contributed by atoms with E-state index in [2.05, 4.69) is 0 Å². The Balaban J connectivity index is -0.00000000667. The van der Waals surface area contributed by atoms with Crippen LogP contribution in [-0.2, 0) is 9.59 Å². The van der Waals surface area contributed by atoms with Gasteiger partial charge >= 0.3 is 6.15 Å². The van der Waals surface area contributed by atoms with Crippen LogP contribution in [0.1, 0.15) is 0 Å². The fourth-order valence-electron chi connectivity index (χ4n) is 0. The zero-order valence-corrected chi connectivity index (χ0v) is 4.02. The van der Waals surface area contributed by atoms with Crippen molar-refractivity contribution < 1.29 is 15.1 Å². The van der Waals surface area contributed by atoms with E-state index in [0.29, 0.717) is 0 Å². The molecule has 0 radical (unpaired) electrons. The first-order chi connectivity index (χ1) is 1.41. The van der Waals surface area contributed by atoms with Crippen LogP contribution in [0.15, 0.2) is 0 Å². The Morgan fingerprint density at radius 1 is 1.17 bits per heavy atom. The zero-order chi connectivity index (χ0) is 2.71. The minimum Gasteiger partial charge on any atom is -0.412 e. The summed E-state index contributed by atoms with van der Waals surface area (Å²) in [6.45, 7) is 0. The SMILES string of the molecule is N.O.O=C=O.S. The van der Waals surface area contributed by atoms with Crippen molar-refractivity contribution in [2.45, 2.75) is 0 Å². The minimum absolute atomic E-state index is 0. The molecule has 0 aromatic carbocycles. The summed E-state index contributed by atoms with van der Waals surface area (Å²) in [4.78, 5) is 16.2. The summed E-state index contributed by atoms with van der Waals surface area (Å²) in [7, 11) is 0. The summed E-state index contributed by atoms with van der Waals surface area (Å²) in [5.74, 6) is 0. The van der Waals surface area contributed by atoms with Crippen LogP contribution in [0.5, 0.6) is 0 Å². The molecule has 0 saturated carbocycles. The summed E-state index contributed by atoms with van der Waals surface area (Å²) in [5, 5.41) is 0. The van der Waals surface area contributed by atoms with Crippen LogP contribution in [0.4, 0.5) is 0 Å². The molecule has 40 valence electrons. The lowest BCUT2D eigenvalue weighted by Gasteiger charge is -0.945. The third-order valence-corrected chi connectivity index (χ3v) is 0. The standard InChI is InChI=1S/CO2.H3N.H2O.H2S/c2-1-3;;;/h;1H3;2*1H2. The zero-order valence-electron chi connectivity index (χ0n) is 3.02. The highest BCUT2D eigenvalue weighted by molar-refractivity contribution is 7.59. The van der Waals surface area contributed by atoms with Crippen LogP contribution < -0.4 is 6.15 Å². The van der Waals surface area contributed by atoms with E-state index in [1.807, 2.05) is 0 Å². The first-order valence-electron chi connectivity index (χ1n) is 0.408. The average molecular weight is 113 g/mol. The summed E-state index contributed by atoms with van der Waals surface area (Å²) >= 11 is 0. The molecule has 0 spiro atoms. The van der Waals surface area contributed by atoms with E-state index in [1.165, 1.54) is 0 Å². The van der Waals surface area contributed by atoms with Gasteiger partial charge in [-0.15, -0.1) is 0 Å². The molecule has 0 atom stereocenters. The lowest BCUT2D eigenvalue weighted by molar-refractivity contribution is -0.191. The average Bonchev–Trinajstić information content (AvgIpc) is 0.918. The van der Waals surface area contributed by atoms with Crippen molar-refractivity contribution in [1.29, 1.82) is 0 Å². The van der Waals surface area contributed by atoms with Gasteiger partial charge in [0, 0.05) is 0 Å². The predicted octanol–water partition coefficient (Wildman–Crippen LogP) is -1.13. The van der Waals surface area contributed by atoms with E-state index in [-0.39, 0.29) is 31.3 Å². The van der Waals surface area contributed by atoms with Crippen molar-refractivity contribution in [2.75, 3.05) is 0 Å². The molecule has 4 nitrogen and oxygen atoms in total. The van der Waals surface area contributed by atoms with E-state index in [4.69, 9.17) is 9.59 Å². The lowest BCUT2D eigenvalue weighted by atomic mass is 11.8. The maximum Gasteiger partial charge on any atom is 0.373 e. The van der Waals surface area contributed by atoms with Gasteiger partial charge in [0.15, 0.2) is 0 Å². The van der Waals surface area contributed by atoms with E-state index >= 15 is 0 Å². The fraction of sp³-hybridized carbons (Fsp3) is 0. The Kier molecular flexibility index (Phi) is 1100. The predicted molar refractivity (Wildman–Crippen MR) is 24.0 cm³/mol. The molecule has 0 bridgehead atoms. The van der Waals surface area contributed by atoms with Gasteiger partial charge in [0.1, 0.15) is 0 Å². The normalized spacial score (nSPS) is 1.33. The second-order valence-electron chi connectivity index (χ2n) is 0.0833. The van der Waals surface area contributed by atoms with E-state index < -0.39 is 0 Å². The van der Waals surface area contributed by atoms with Gasteiger partial charge in [-0.05, 0) is 0 Å². The summed E-state index contributed by atoms with van der Waals surface area (Å²) < 4.78 is 0. The summed E-state index contributed by atoms with van der Waals surface area (Å²) in [5.41, 5.74) is 0. The van der Waals surface area contributed by atoms with Gasteiger partial charge < -0.3 is 11.6 Å². The molecule has 0 aliphatic heterocycles. The maximum atomic E-state index is 8.12. The van der Waals surface area contributed by atoms with Crippen molar-refractivity contribution in [3.63, 3.8) is 0 Å². The molecular formula is CH7NO3S. The van der Waals surface area contributed by atoms with Crippen LogP contribution in [0.25, 0.3) is 0 Å². The van der Waals surface area contributed by atoms with Crippen LogP contribution in [0, 0.1) is 0 Å². The smallest absolute Gasteiger partial charge is 0.373 e. The molecule has 0 saturated heterocycles. The Labute approximate surface area is 41.9 Å². The molecule has 0 amide bonds. The number of hydrogen-bond acceptors (Lipinski definition) is 3. The highest BCUT2D eigenvalue weighted by atomic mass is 32.1. The quantitative estimate of drug-likeness (QED) is 0.430. The van der Waals surface area contributed by atoms with Gasteiger partial charge in [-0.2, -0.15) is 23.1 Å². The molecular weight excluding hydrogens is 106 g/mol. The van der Waals surface area contributed by atoms with E-state index in [0.717, 1.165) is 0 Å². The second kappa shape index (κ2) is 147. The van der Waals surface area contributed by atoms with E-state index in [9.17, 15) is 0 Å². The Bertz CT molecular complexity index is 31.8.